The first kappa shape index (κ1) is 24.9. The maximum atomic E-state index is 15.1. The Labute approximate surface area is 213 Å². The molecule has 1 aliphatic heterocycles. The van der Waals surface area contributed by atoms with E-state index in [9.17, 15) is 14.4 Å². The largest absolute Gasteiger partial charge is 0.478 e. The zero-order valence-electron chi connectivity index (χ0n) is 21.2. The number of carbonyl (C=O) groups is 2. The lowest BCUT2D eigenvalue weighted by Gasteiger charge is -2.36. The number of nitrogens with zero attached hydrogens (tertiary/aromatic N) is 2. The van der Waals surface area contributed by atoms with Gasteiger partial charge in [0.25, 0.3) is 5.56 Å². The minimum Gasteiger partial charge on any atom is -0.478 e. The monoisotopic (exact) mass is 507 g/mol. The molecule has 1 N–H and O–H groups in total. The molecule has 9 heteroatoms. The Hall–Kier alpha value is -3.75. The number of H-pyrrole nitrogens is 1. The molecule has 0 unspecified atom stereocenters. The fraction of sp³-hybridized carbons (Fsp3) is 0.429. The summed E-state index contributed by atoms with van der Waals surface area (Å²) in [5.74, 6) is -0.204. The minimum atomic E-state index is -0.891. The van der Waals surface area contributed by atoms with Crippen molar-refractivity contribution in [1.29, 1.82) is 0 Å². The van der Waals surface area contributed by atoms with Crippen LogP contribution in [0.2, 0.25) is 0 Å². The summed E-state index contributed by atoms with van der Waals surface area (Å²) in [4.78, 5) is 44.6. The molecule has 3 heterocycles. The molecular formula is C28H30FN3O5. The average molecular weight is 508 g/mol. The van der Waals surface area contributed by atoms with Crippen molar-refractivity contribution in [3.8, 4) is 5.88 Å². The van der Waals surface area contributed by atoms with E-state index >= 15 is 4.39 Å². The molecule has 8 nitrogen and oxygen atoms in total. The summed E-state index contributed by atoms with van der Waals surface area (Å²) in [7, 11) is 0. The van der Waals surface area contributed by atoms with Gasteiger partial charge >= 0.3 is 0 Å². The lowest BCUT2D eigenvalue weighted by Crippen LogP contribution is -2.45. The topological polar surface area (TPSA) is 106 Å². The number of aromatic amines is 1. The lowest BCUT2D eigenvalue weighted by molar-refractivity contribution is -0.140. The number of fused-ring (bicyclic) bond motifs is 2. The summed E-state index contributed by atoms with van der Waals surface area (Å²) in [6.07, 6.45) is 1.89. The molecule has 0 saturated heterocycles. The molecule has 1 amide bonds. The first-order valence-corrected chi connectivity index (χ1v) is 12.6. The molecule has 1 atom stereocenters. The van der Waals surface area contributed by atoms with E-state index in [1.54, 1.807) is 12.1 Å². The second-order valence-electron chi connectivity index (χ2n) is 10.4. The molecule has 0 bridgehead atoms. The minimum absolute atomic E-state index is 0.0229. The number of carbonyl (C=O) groups excluding carboxylic acids is 2. The second kappa shape index (κ2) is 9.61. The molecule has 0 radical (unpaired) electrons. The fourth-order valence-electron chi connectivity index (χ4n) is 5.62. The number of pyridine rings is 1. The van der Waals surface area contributed by atoms with Crippen LogP contribution in [0.4, 0.5) is 4.39 Å². The van der Waals surface area contributed by atoms with Crippen LogP contribution in [0.15, 0.2) is 39.6 Å². The zero-order chi connectivity index (χ0) is 26.3. The molecule has 5 rings (SSSR count). The van der Waals surface area contributed by atoms with E-state index in [-0.39, 0.29) is 48.1 Å². The summed E-state index contributed by atoms with van der Waals surface area (Å²) in [5.41, 5.74) is 2.92. The molecule has 0 fully saturated rings. The standard InChI is InChI=1S/C28H30FN3O5/c1-4-36-24-6-5-19-21(30-24)8-10-32(25(35)15-18-14-23(34)31-37-18)27(19)22(33)13-16-11-17-7-9-28(2,3)26(17)20(29)12-16/h5-6,11-12,14,27H,4,7-10,13,15H2,1-3H3,(H,31,34)/t27-/m1/s1. The number of Topliss-reactive ketones (excluding diaryl/α,β-unsaturated/α-hetero) is 1. The van der Waals surface area contributed by atoms with Gasteiger partial charge < -0.3 is 14.2 Å². The third kappa shape index (κ3) is 4.82. The van der Waals surface area contributed by atoms with Gasteiger partial charge in [-0.25, -0.2) is 9.37 Å². The van der Waals surface area contributed by atoms with E-state index in [0.717, 1.165) is 24.0 Å². The molecule has 2 aromatic heterocycles. The van der Waals surface area contributed by atoms with Gasteiger partial charge in [-0.2, -0.15) is 5.16 Å². The van der Waals surface area contributed by atoms with E-state index in [1.165, 1.54) is 17.0 Å². The van der Waals surface area contributed by atoms with Gasteiger partial charge in [-0.05, 0) is 54.0 Å². The van der Waals surface area contributed by atoms with Crippen LogP contribution in [-0.4, -0.2) is 39.9 Å². The van der Waals surface area contributed by atoms with Crippen LogP contribution in [0.5, 0.6) is 5.88 Å². The lowest BCUT2D eigenvalue weighted by atomic mass is 9.85. The molecular weight excluding hydrogens is 477 g/mol. The number of halogens is 1. The van der Waals surface area contributed by atoms with E-state index < -0.39 is 11.6 Å². The van der Waals surface area contributed by atoms with Crippen molar-refractivity contribution < 1.29 is 23.2 Å². The Morgan fingerprint density at radius 1 is 1.22 bits per heavy atom. The Morgan fingerprint density at radius 3 is 2.76 bits per heavy atom. The molecule has 1 aliphatic carbocycles. The van der Waals surface area contributed by atoms with Gasteiger partial charge in [0.1, 0.15) is 17.6 Å². The van der Waals surface area contributed by atoms with E-state index in [2.05, 4.69) is 10.1 Å². The van der Waals surface area contributed by atoms with Crippen LogP contribution in [0, 0.1) is 5.82 Å². The highest BCUT2D eigenvalue weighted by Gasteiger charge is 2.38. The average Bonchev–Trinajstić information content (AvgIpc) is 3.39. The van der Waals surface area contributed by atoms with Gasteiger partial charge in [0.2, 0.25) is 11.8 Å². The Balaban J connectivity index is 1.47. The number of amides is 1. The predicted molar refractivity (Wildman–Crippen MR) is 133 cm³/mol. The Kier molecular flexibility index (Phi) is 6.47. The number of aromatic nitrogens is 2. The highest BCUT2D eigenvalue weighted by atomic mass is 19.1. The van der Waals surface area contributed by atoms with Gasteiger partial charge in [-0.3, -0.25) is 14.4 Å². The quantitative estimate of drug-likeness (QED) is 0.524. The van der Waals surface area contributed by atoms with Crippen LogP contribution in [0.25, 0.3) is 0 Å². The molecule has 3 aromatic rings. The maximum absolute atomic E-state index is 15.1. The van der Waals surface area contributed by atoms with Crippen molar-refractivity contribution in [3.05, 3.63) is 80.2 Å². The molecule has 37 heavy (non-hydrogen) atoms. The summed E-state index contributed by atoms with van der Waals surface area (Å²) in [6.45, 7) is 6.66. The highest BCUT2D eigenvalue weighted by Crippen LogP contribution is 2.41. The van der Waals surface area contributed by atoms with Gasteiger partial charge in [0, 0.05) is 37.1 Å². The van der Waals surface area contributed by atoms with E-state index in [1.807, 2.05) is 26.8 Å². The van der Waals surface area contributed by atoms with E-state index in [4.69, 9.17) is 9.26 Å². The number of ketones is 1. The normalized spacial score (nSPS) is 17.8. The number of hydrogen-bond acceptors (Lipinski definition) is 6. The fourth-order valence-corrected chi connectivity index (χ4v) is 5.62. The molecule has 0 spiro atoms. The van der Waals surface area contributed by atoms with Crippen molar-refractivity contribution in [3.63, 3.8) is 0 Å². The van der Waals surface area contributed by atoms with Crippen molar-refractivity contribution in [2.24, 2.45) is 0 Å². The SMILES string of the molecule is CCOc1ccc2c(n1)CCN(C(=O)Cc1cc(=O)[nH]o1)[C@H]2C(=O)Cc1cc(F)c2c(c1)CCC2(C)C. The van der Waals surface area contributed by atoms with Gasteiger partial charge in [-0.1, -0.05) is 19.9 Å². The van der Waals surface area contributed by atoms with Crippen LogP contribution in [-0.2, 0) is 40.7 Å². The molecule has 2 aliphatic rings. The molecule has 1 aromatic carbocycles. The van der Waals surface area contributed by atoms with Gasteiger partial charge in [-0.15, -0.1) is 0 Å². The number of rotatable bonds is 7. The van der Waals surface area contributed by atoms with E-state index in [0.29, 0.717) is 35.7 Å². The van der Waals surface area contributed by atoms with Crippen molar-refractivity contribution in [1.82, 2.24) is 15.0 Å². The number of ether oxygens (including phenoxy) is 1. The maximum Gasteiger partial charge on any atom is 0.280 e. The van der Waals surface area contributed by atoms with Gasteiger partial charge in [0.05, 0.1) is 18.7 Å². The number of hydrogen-bond donors (Lipinski definition) is 1. The first-order valence-electron chi connectivity index (χ1n) is 12.6. The third-order valence-corrected chi connectivity index (χ3v) is 7.30. The van der Waals surface area contributed by atoms with Crippen LogP contribution >= 0.6 is 0 Å². The Morgan fingerprint density at radius 2 is 2.03 bits per heavy atom. The van der Waals surface area contributed by atoms with Crippen LogP contribution in [0.3, 0.4) is 0 Å². The van der Waals surface area contributed by atoms with Gasteiger partial charge in [0.15, 0.2) is 5.78 Å². The Bertz CT molecular complexity index is 1420. The number of benzene rings is 1. The summed E-state index contributed by atoms with van der Waals surface area (Å²) in [6, 6.07) is 7.17. The van der Waals surface area contributed by atoms with Crippen LogP contribution < -0.4 is 10.3 Å². The second-order valence-corrected chi connectivity index (χ2v) is 10.4. The number of aryl methyl sites for hydroxylation is 1. The molecule has 194 valence electrons. The zero-order valence-corrected chi connectivity index (χ0v) is 21.2. The first-order chi connectivity index (χ1) is 17.7. The predicted octanol–water partition coefficient (Wildman–Crippen LogP) is 3.60. The smallest absolute Gasteiger partial charge is 0.280 e. The van der Waals surface area contributed by atoms with Crippen molar-refractivity contribution in [2.75, 3.05) is 13.2 Å². The summed E-state index contributed by atoms with van der Waals surface area (Å²) >= 11 is 0. The van der Waals surface area contributed by atoms with Crippen LogP contribution in [0.1, 0.15) is 66.9 Å². The summed E-state index contributed by atoms with van der Waals surface area (Å²) < 4.78 is 25.7. The molecule has 0 saturated carbocycles. The number of nitrogens with one attached hydrogen (secondary N) is 1. The third-order valence-electron chi connectivity index (χ3n) is 7.30. The summed E-state index contributed by atoms with van der Waals surface area (Å²) in [5, 5.41) is 2.18. The highest BCUT2D eigenvalue weighted by molar-refractivity contribution is 5.92. The van der Waals surface area contributed by atoms with Crippen molar-refractivity contribution in [2.45, 2.75) is 64.3 Å². The van der Waals surface area contributed by atoms with Crippen molar-refractivity contribution >= 4 is 11.7 Å².